The molecule has 0 radical (unpaired) electrons. The highest BCUT2D eigenvalue weighted by Crippen LogP contribution is 2.22. The van der Waals surface area contributed by atoms with Gasteiger partial charge in [0, 0.05) is 39.3 Å². The molecule has 0 atom stereocenters. The minimum atomic E-state index is -0.148. The van der Waals surface area contributed by atoms with E-state index in [1.807, 2.05) is 92.0 Å². The molecule has 0 spiro atoms. The molecule has 34 heavy (non-hydrogen) atoms. The SMILES string of the molecule is COc1ccc(Nc2cc(C)nc(Nc3ccc(NC(=O)c4ccc(SC)cc4)cc3)n2)cc1. The maximum Gasteiger partial charge on any atom is 0.255 e. The van der Waals surface area contributed by atoms with E-state index in [4.69, 9.17) is 4.74 Å². The average molecular weight is 472 g/mol. The second kappa shape index (κ2) is 10.7. The van der Waals surface area contributed by atoms with Gasteiger partial charge in [0.2, 0.25) is 5.95 Å². The van der Waals surface area contributed by atoms with Gasteiger partial charge < -0.3 is 20.7 Å². The lowest BCUT2D eigenvalue weighted by molar-refractivity contribution is 0.102. The van der Waals surface area contributed by atoms with Crippen LogP contribution in [0.2, 0.25) is 0 Å². The molecule has 1 amide bonds. The maximum atomic E-state index is 12.5. The van der Waals surface area contributed by atoms with Crippen LogP contribution in [-0.4, -0.2) is 29.2 Å². The number of carbonyl (C=O) groups is 1. The van der Waals surface area contributed by atoms with E-state index in [-0.39, 0.29) is 5.91 Å². The normalized spacial score (nSPS) is 10.4. The van der Waals surface area contributed by atoms with Crippen LogP contribution in [0.15, 0.2) is 83.8 Å². The summed E-state index contributed by atoms with van der Waals surface area (Å²) in [5.74, 6) is 1.79. The second-order valence-electron chi connectivity index (χ2n) is 7.46. The molecule has 1 heterocycles. The van der Waals surface area contributed by atoms with Crippen LogP contribution in [0.3, 0.4) is 0 Å². The van der Waals surface area contributed by atoms with Crippen molar-refractivity contribution in [3.63, 3.8) is 0 Å². The molecule has 172 valence electrons. The number of nitrogens with one attached hydrogen (secondary N) is 3. The third kappa shape index (κ3) is 6.05. The molecule has 4 aromatic rings. The van der Waals surface area contributed by atoms with Gasteiger partial charge in [0.05, 0.1) is 7.11 Å². The molecule has 7 nitrogen and oxygen atoms in total. The van der Waals surface area contributed by atoms with E-state index in [0.717, 1.165) is 27.7 Å². The van der Waals surface area contributed by atoms with Crippen LogP contribution >= 0.6 is 11.8 Å². The van der Waals surface area contributed by atoms with Crippen molar-refractivity contribution in [2.45, 2.75) is 11.8 Å². The molecule has 0 saturated heterocycles. The van der Waals surface area contributed by atoms with E-state index in [1.165, 1.54) is 0 Å². The molecule has 1 aromatic heterocycles. The number of thioether (sulfide) groups is 1. The van der Waals surface area contributed by atoms with Gasteiger partial charge in [-0.15, -0.1) is 11.8 Å². The van der Waals surface area contributed by atoms with Crippen molar-refractivity contribution < 1.29 is 9.53 Å². The van der Waals surface area contributed by atoms with Crippen molar-refractivity contribution in [3.05, 3.63) is 90.1 Å². The summed E-state index contributed by atoms with van der Waals surface area (Å²) in [7, 11) is 1.64. The summed E-state index contributed by atoms with van der Waals surface area (Å²) in [4.78, 5) is 22.6. The van der Waals surface area contributed by atoms with Crippen LogP contribution in [0.4, 0.5) is 28.8 Å². The number of anilines is 5. The van der Waals surface area contributed by atoms with Crippen LogP contribution in [0, 0.1) is 6.92 Å². The summed E-state index contributed by atoms with van der Waals surface area (Å²) in [5.41, 5.74) is 3.85. The van der Waals surface area contributed by atoms with Gasteiger partial charge in [0.25, 0.3) is 5.91 Å². The fourth-order valence-corrected chi connectivity index (χ4v) is 3.63. The molecule has 4 rings (SSSR count). The molecule has 0 aliphatic rings. The molecule has 0 aliphatic carbocycles. The van der Waals surface area contributed by atoms with Gasteiger partial charge in [0.15, 0.2) is 0 Å². The van der Waals surface area contributed by atoms with Crippen LogP contribution in [0.1, 0.15) is 16.1 Å². The van der Waals surface area contributed by atoms with Gasteiger partial charge in [-0.1, -0.05) is 0 Å². The standard InChI is InChI=1S/C26H25N5O2S/c1-17-16-24(28-19-10-12-22(33-2)13-11-19)31-26(27-17)30-21-8-6-20(7-9-21)29-25(32)18-4-14-23(34-3)15-5-18/h4-16H,1-3H3,(H,29,32)(H2,27,28,30,31). The van der Waals surface area contributed by atoms with E-state index < -0.39 is 0 Å². The number of carbonyl (C=O) groups excluding carboxylic acids is 1. The molecule has 0 bridgehead atoms. The monoisotopic (exact) mass is 471 g/mol. The van der Waals surface area contributed by atoms with Crippen molar-refractivity contribution >= 4 is 46.5 Å². The van der Waals surface area contributed by atoms with Crippen molar-refractivity contribution in [2.24, 2.45) is 0 Å². The zero-order valence-corrected chi connectivity index (χ0v) is 19.9. The number of aromatic nitrogens is 2. The number of hydrogen-bond acceptors (Lipinski definition) is 7. The largest absolute Gasteiger partial charge is 0.497 e. The third-order valence-electron chi connectivity index (χ3n) is 4.97. The predicted octanol–water partition coefficient (Wildman–Crippen LogP) is 6.26. The van der Waals surface area contributed by atoms with Gasteiger partial charge in [-0.05, 0) is 86.0 Å². The van der Waals surface area contributed by atoms with Crippen LogP contribution in [0.5, 0.6) is 5.75 Å². The van der Waals surface area contributed by atoms with Crippen molar-refractivity contribution in [2.75, 3.05) is 29.3 Å². The Balaban J connectivity index is 1.40. The summed E-state index contributed by atoms with van der Waals surface area (Å²) >= 11 is 1.64. The zero-order chi connectivity index (χ0) is 23.9. The zero-order valence-electron chi connectivity index (χ0n) is 19.1. The van der Waals surface area contributed by atoms with Gasteiger partial charge >= 0.3 is 0 Å². The number of amides is 1. The summed E-state index contributed by atoms with van der Waals surface area (Å²) in [6, 6.07) is 24.4. The van der Waals surface area contributed by atoms with E-state index >= 15 is 0 Å². The first-order valence-corrected chi connectivity index (χ1v) is 11.8. The first-order valence-electron chi connectivity index (χ1n) is 10.6. The van der Waals surface area contributed by atoms with E-state index in [1.54, 1.807) is 18.9 Å². The maximum absolute atomic E-state index is 12.5. The lowest BCUT2D eigenvalue weighted by Crippen LogP contribution is -2.11. The Morgan fingerprint density at radius 1 is 0.824 bits per heavy atom. The lowest BCUT2D eigenvalue weighted by atomic mass is 10.2. The molecule has 0 fully saturated rings. The Bertz CT molecular complexity index is 1260. The number of ether oxygens (including phenoxy) is 1. The number of aryl methyl sites for hydroxylation is 1. The summed E-state index contributed by atoms with van der Waals surface area (Å²) in [6.45, 7) is 1.91. The van der Waals surface area contributed by atoms with Crippen molar-refractivity contribution in [1.82, 2.24) is 9.97 Å². The molecule has 0 unspecified atom stereocenters. The molecule has 3 aromatic carbocycles. The number of benzene rings is 3. The number of nitrogens with zero attached hydrogens (tertiary/aromatic N) is 2. The van der Waals surface area contributed by atoms with E-state index in [9.17, 15) is 4.79 Å². The first-order chi connectivity index (χ1) is 16.5. The Morgan fingerprint density at radius 3 is 2.09 bits per heavy atom. The topological polar surface area (TPSA) is 88.2 Å². The highest BCUT2D eigenvalue weighted by molar-refractivity contribution is 7.98. The van der Waals surface area contributed by atoms with Crippen LogP contribution < -0.4 is 20.7 Å². The second-order valence-corrected chi connectivity index (χ2v) is 8.34. The number of hydrogen-bond donors (Lipinski definition) is 3. The molecule has 0 saturated carbocycles. The predicted molar refractivity (Wildman–Crippen MR) is 139 cm³/mol. The number of methoxy groups -OCH3 is 1. The minimum Gasteiger partial charge on any atom is -0.497 e. The quantitative estimate of drug-likeness (QED) is 0.262. The van der Waals surface area contributed by atoms with Crippen LogP contribution in [-0.2, 0) is 0 Å². The summed E-state index contributed by atoms with van der Waals surface area (Å²) < 4.78 is 5.20. The lowest BCUT2D eigenvalue weighted by Gasteiger charge is -2.11. The molecular formula is C26H25N5O2S. The molecule has 8 heteroatoms. The van der Waals surface area contributed by atoms with E-state index in [0.29, 0.717) is 23.0 Å². The highest BCUT2D eigenvalue weighted by Gasteiger charge is 2.07. The number of rotatable bonds is 8. The fraction of sp³-hybridized carbons (Fsp3) is 0.115. The Hall–Kier alpha value is -4.04. The van der Waals surface area contributed by atoms with Gasteiger partial charge in [-0.3, -0.25) is 4.79 Å². The minimum absolute atomic E-state index is 0.148. The smallest absolute Gasteiger partial charge is 0.255 e. The highest BCUT2D eigenvalue weighted by atomic mass is 32.2. The van der Waals surface area contributed by atoms with Gasteiger partial charge in [0.1, 0.15) is 11.6 Å². The van der Waals surface area contributed by atoms with E-state index in [2.05, 4.69) is 25.9 Å². The van der Waals surface area contributed by atoms with Gasteiger partial charge in [-0.2, -0.15) is 4.98 Å². The molecule has 0 aliphatic heterocycles. The third-order valence-corrected chi connectivity index (χ3v) is 5.71. The molecule has 3 N–H and O–H groups in total. The summed E-state index contributed by atoms with van der Waals surface area (Å²) in [6.07, 6.45) is 2.00. The Morgan fingerprint density at radius 2 is 1.44 bits per heavy atom. The van der Waals surface area contributed by atoms with Crippen molar-refractivity contribution in [3.8, 4) is 5.75 Å². The first kappa shape index (κ1) is 23.1. The van der Waals surface area contributed by atoms with Crippen molar-refractivity contribution in [1.29, 1.82) is 0 Å². The Kier molecular flexibility index (Phi) is 7.29. The van der Waals surface area contributed by atoms with Crippen LogP contribution in [0.25, 0.3) is 0 Å². The van der Waals surface area contributed by atoms with Gasteiger partial charge in [-0.25, -0.2) is 4.98 Å². The Labute approximate surface area is 203 Å². The fourth-order valence-electron chi connectivity index (χ4n) is 3.22. The average Bonchev–Trinajstić information content (AvgIpc) is 2.85. The molecular weight excluding hydrogens is 446 g/mol. The summed E-state index contributed by atoms with van der Waals surface area (Å²) in [5, 5.41) is 9.41.